The van der Waals surface area contributed by atoms with E-state index in [-0.39, 0.29) is 31.3 Å². The second-order valence-corrected chi connectivity index (χ2v) is 8.45. The molecule has 1 aliphatic heterocycles. The Morgan fingerprint density at radius 3 is 2.58 bits per heavy atom. The quantitative estimate of drug-likeness (QED) is 0.374. The molecular formula is C26H26FN5O4. The van der Waals surface area contributed by atoms with Crippen LogP contribution in [0.5, 0.6) is 5.75 Å². The van der Waals surface area contributed by atoms with E-state index >= 15 is 0 Å². The molecule has 1 atom stereocenters. The van der Waals surface area contributed by atoms with Crippen LogP contribution in [0.25, 0.3) is 0 Å². The minimum atomic E-state index is -1.56. The van der Waals surface area contributed by atoms with Crippen LogP contribution in [0.3, 0.4) is 0 Å². The van der Waals surface area contributed by atoms with Gasteiger partial charge in [-0.05, 0) is 47.9 Å². The molecule has 0 aliphatic carbocycles. The van der Waals surface area contributed by atoms with Crippen molar-refractivity contribution in [3.63, 3.8) is 0 Å². The van der Waals surface area contributed by atoms with Crippen LogP contribution in [0.4, 0.5) is 4.39 Å². The average Bonchev–Trinajstić information content (AvgIpc) is 3.42. The zero-order valence-electron chi connectivity index (χ0n) is 19.7. The molecule has 1 unspecified atom stereocenters. The molecule has 4 rings (SSSR count). The van der Waals surface area contributed by atoms with Gasteiger partial charge in [0.05, 0.1) is 12.4 Å². The standard InChI is InChI=1S/C26H26FN5O4/c1-16(33)22-13-20(14-32(22)10-4-9-27)26(24(35)30-25(29)31-26)19-7-3-8-21(12-19)36-15-17-5-2-6-18(11-17)23(28)34/h2-3,5-8,11-14H,4,9-10,15H2,1H3,(H2,28,34)(H3,29,30,31,35). The number of alkyl halides is 1. The lowest BCUT2D eigenvalue weighted by Crippen LogP contribution is -2.39. The van der Waals surface area contributed by atoms with Crippen LogP contribution in [0.15, 0.2) is 65.8 Å². The van der Waals surface area contributed by atoms with E-state index in [0.717, 1.165) is 5.56 Å². The third-order valence-electron chi connectivity index (χ3n) is 5.93. The van der Waals surface area contributed by atoms with E-state index in [4.69, 9.17) is 16.2 Å². The molecule has 2 amide bonds. The van der Waals surface area contributed by atoms with E-state index in [0.29, 0.717) is 28.1 Å². The van der Waals surface area contributed by atoms with Gasteiger partial charge in [-0.1, -0.05) is 24.3 Å². The fourth-order valence-electron chi connectivity index (χ4n) is 4.24. The van der Waals surface area contributed by atoms with Gasteiger partial charge in [-0.3, -0.25) is 24.1 Å². The van der Waals surface area contributed by atoms with Gasteiger partial charge in [0.25, 0.3) is 5.91 Å². The number of aryl methyl sites for hydroxylation is 1. The van der Waals surface area contributed by atoms with Crippen LogP contribution in [0.1, 0.15) is 50.9 Å². The number of hydrogen-bond donors (Lipinski definition) is 3. The van der Waals surface area contributed by atoms with Crippen molar-refractivity contribution in [1.29, 1.82) is 0 Å². The Balaban J connectivity index is 1.71. The Morgan fingerprint density at radius 1 is 1.14 bits per heavy atom. The summed E-state index contributed by atoms with van der Waals surface area (Å²) in [5, 5.41) is 2.55. The number of carbonyl (C=O) groups excluding carboxylic acids is 3. The van der Waals surface area contributed by atoms with Crippen LogP contribution >= 0.6 is 0 Å². The predicted molar refractivity (Wildman–Crippen MR) is 131 cm³/mol. The van der Waals surface area contributed by atoms with E-state index in [1.54, 1.807) is 65.4 Å². The first kappa shape index (κ1) is 24.6. The van der Waals surface area contributed by atoms with Crippen LogP contribution in [0.2, 0.25) is 0 Å². The first-order valence-electron chi connectivity index (χ1n) is 11.3. The van der Waals surface area contributed by atoms with Crippen LogP contribution < -0.4 is 21.5 Å². The molecule has 0 saturated heterocycles. The van der Waals surface area contributed by atoms with Crippen molar-refractivity contribution in [3.05, 3.63) is 88.7 Å². The van der Waals surface area contributed by atoms with Gasteiger partial charge in [0, 0.05) is 30.8 Å². The number of nitrogens with two attached hydrogens (primary N) is 2. The van der Waals surface area contributed by atoms with Crippen LogP contribution in [-0.2, 0) is 23.5 Å². The van der Waals surface area contributed by atoms with E-state index in [1.807, 2.05) is 0 Å². The number of ketones is 1. The van der Waals surface area contributed by atoms with Gasteiger partial charge in [0.15, 0.2) is 17.3 Å². The van der Waals surface area contributed by atoms with E-state index < -0.39 is 24.0 Å². The summed E-state index contributed by atoms with van der Waals surface area (Å²) in [6.07, 6.45) is 1.86. The van der Waals surface area contributed by atoms with Gasteiger partial charge < -0.3 is 20.8 Å². The number of aliphatic imine (C=N–C) groups is 1. The lowest BCUT2D eigenvalue weighted by molar-refractivity contribution is -0.122. The summed E-state index contributed by atoms with van der Waals surface area (Å²) >= 11 is 0. The Bertz CT molecular complexity index is 1370. The molecule has 9 nitrogen and oxygen atoms in total. The minimum absolute atomic E-state index is 0.0597. The first-order valence-corrected chi connectivity index (χ1v) is 11.3. The molecule has 0 spiro atoms. The maximum Gasteiger partial charge on any atom is 0.264 e. The topological polar surface area (TPSA) is 142 Å². The number of rotatable bonds is 10. The molecule has 0 fully saturated rings. The van der Waals surface area contributed by atoms with Crippen molar-refractivity contribution < 1.29 is 23.5 Å². The highest BCUT2D eigenvalue weighted by Crippen LogP contribution is 2.39. The maximum atomic E-state index is 13.3. The second kappa shape index (κ2) is 10.0. The molecule has 1 aromatic heterocycles. The number of benzene rings is 2. The van der Waals surface area contributed by atoms with Gasteiger partial charge in [0.1, 0.15) is 12.4 Å². The van der Waals surface area contributed by atoms with Crippen molar-refractivity contribution >= 4 is 23.6 Å². The SMILES string of the molecule is CC(=O)c1cc(C2(c3cccc(OCc4cccc(C(N)=O)c4)c3)N=C(N)NC2=O)cn1CCCF. The molecule has 0 bridgehead atoms. The normalized spacial score (nSPS) is 16.9. The van der Waals surface area contributed by atoms with Gasteiger partial charge in [-0.15, -0.1) is 0 Å². The number of primary amides is 1. The number of carbonyl (C=O) groups is 3. The summed E-state index contributed by atoms with van der Waals surface area (Å²) in [6.45, 7) is 1.30. The number of nitrogens with zero attached hydrogens (tertiary/aromatic N) is 2. The molecule has 10 heteroatoms. The van der Waals surface area contributed by atoms with Crippen LogP contribution in [0, 0.1) is 0 Å². The van der Waals surface area contributed by atoms with E-state index in [1.165, 1.54) is 6.92 Å². The number of guanidine groups is 1. The number of amides is 2. The number of nitrogens with one attached hydrogen (secondary N) is 1. The molecule has 0 radical (unpaired) electrons. The Kier molecular flexibility index (Phi) is 6.86. The highest BCUT2D eigenvalue weighted by molar-refractivity contribution is 6.09. The molecule has 2 heterocycles. The van der Waals surface area contributed by atoms with E-state index in [2.05, 4.69) is 10.3 Å². The van der Waals surface area contributed by atoms with Gasteiger partial charge >= 0.3 is 0 Å². The number of hydrogen-bond acceptors (Lipinski definition) is 6. The molecule has 186 valence electrons. The molecular weight excluding hydrogens is 465 g/mol. The molecule has 5 N–H and O–H groups in total. The summed E-state index contributed by atoms with van der Waals surface area (Å²) in [5.74, 6) is -0.847. The smallest absolute Gasteiger partial charge is 0.264 e. The highest BCUT2D eigenvalue weighted by Gasteiger charge is 2.48. The third kappa shape index (κ3) is 4.70. The second-order valence-electron chi connectivity index (χ2n) is 8.45. The summed E-state index contributed by atoms with van der Waals surface area (Å²) < 4.78 is 20.4. The van der Waals surface area contributed by atoms with Gasteiger partial charge in [-0.2, -0.15) is 0 Å². The molecule has 2 aromatic carbocycles. The number of halogens is 1. The van der Waals surface area contributed by atoms with Crippen LogP contribution in [-0.4, -0.2) is 34.8 Å². The number of aromatic nitrogens is 1. The van der Waals surface area contributed by atoms with E-state index in [9.17, 15) is 18.8 Å². The zero-order chi connectivity index (χ0) is 25.9. The fourth-order valence-corrected chi connectivity index (χ4v) is 4.24. The monoisotopic (exact) mass is 491 g/mol. The summed E-state index contributed by atoms with van der Waals surface area (Å²) in [5.41, 5.74) is 12.0. The average molecular weight is 492 g/mol. The fraction of sp³-hybridized carbons (Fsp3) is 0.231. The highest BCUT2D eigenvalue weighted by atomic mass is 19.1. The van der Waals surface area contributed by atoms with Crippen molar-refractivity contribution in [2.45, 2.75) is 32.0 Å². The molecule has 36 heavy (non-hydrogen) atoms. The van der Waals surface area contributed by atoms with Gasteiger partial charge in [-0.25, -0.2) is 4.99 Å². The summed E-state index contributed by atoms with van der Waals surface area (Å²) in [4.78, 5) is 41.4. The lowest BCUT2D eigenvalue weighted by atomic mass is 9.84. The molecule has 3 aromatic rings. The van der Waals surface area contributed by atoms with Gasteiger partial charge in [0.2, 0.25) is 5.91 Å². The summed E-state index contributed by atoms with van der Waals surface area (Å²) in [7, 11) is 0. The van der Waals surface area contributed by atoms with Crippen molar-refractivity contribution in [2.75, 3.05) is 6.67 Å². The largest absolute Gasteiger partial charge is 0.489 e. The molecule has 1 aliphatic rings. The zero-order valence-corrected chi connectivity index (χ0v) is 19.7. The first-order chi connectivity index (χ1) is 17.2. The van der Waals surface area contributed by atoms with Crippen molar-refractivity contribution in [3.8, 4) is 5.75 Å². The summed E-state index contributed by atoms with van der Waals surface area (Å²) in [6, 6.07) is 15.2. The number of Topliss-reactive ketones (excluding diaryl/α,β-unsaturated/α-hetero) is 1. The predicted octanol–water partition coefficient (Wildman–Crippen LogP) is 2.42. The third-order valence-corrected chi connectivity index (χ3v) is 5.93. The Morgan fingerprint density at radius 2 is 1.92 bits per heavy atom. The number of ether oxygens (including phenoxy) is 1. The van der Waals surface area contributed by atoms with Crippen molar-refractivity contribution in [1.82, 2.24) is 9.88 Å². The molecule has 0 saturated carbocycles. The maximum absolute atomic E-state index is 13.3. The minimum Gasteiger partial charge on any atom is -0.489 e. The Hall–Kier alpha value is -4.47. The lowest BCUT2D eigenvalue weighted by Gasteiger charge is -2.23. The Labute approximate surface area is 206 Å². The van der Waals surface area contributed by atoms with Crippen molar-refractivity contribution in [2.24, 2.45) is 16.5 Å².